The summed E-state index contributed by atoms with van der Waals surface area (Å²) in [6.07, 6.45) is 2.01. The van der Waals surface area contributed by atoms with Gasteiger partial charge in [-0.2, -0.15) is 0 Å². The van der Waals surface area contributed by atoms with Crippen molar-refractivity contribution >= 4 is 42.2 Å². The Labute approximate surface area is 181 Å². The SMILES string of the molecule is CC(C(=O)N1CCC(Nc2ccc([N+](=O)[O-])cn2)C1)C(N)c1ccccc1.Cl.Cl. The van der Waals surface area contributed by atoms with Crippen LogP contribution in [0, 0.1) is 16.0 Å². The number of amides is 1. The number of pyridine rings is 1. The van der Waals surface area contributed by atoms with Crippen LogP contribution in [0.2, 0.25) is 0 Å². The van der Waals surface area contributed by atoms with Crippen molar-refractivity contribution in [3.05, 3.63) is 64.3 Å². The first kappa shape index (κ1) is 24.6. The van der Waals surface area contributed by atoms with Gasteiger partial charge in [0, 0.05) is 31.2 Å². The van der Waals surface area contributed by atoms with Crippen molar-refractivity contribution in [2.24, 2.45) is 11.7 Å². The number of aromatic nitrogens is 1. The Balaban J connectivity index is 0.00000210. The first-order valence-corrected chi connectivity index (χ1v) is 8.92. The lowest BCUT2D eigenvalue weighted by Gasteiger charge is -2.25. The second-order valence-corrected chi connectivity index (χ2v) is 6.80. The third-order valence-corrected chi connectivity index (χ3v) is 4.92. The number of nitrogens with two attached hydrogens (primary N) is 1. The number of anilines is 1. The van der Waals surface area contributed by atoms with Crippen LogP contribution in [0.5, 0.6) is 0 Å². The average molecular weight is 442 g/mol. The zero-order valence-electron chi connectivity index (χ0n) is 15.9. The van der Waals surface area contributed by atoms with Gasteiger partial charge in [0.15, 0.2) is 0 Å². The van der Waals surface area contributed by atoms with Gasteiger partial charge in [-0.25, -0.2) is 4.98 Å². The predicted molar refractivity (Wildman–Crippen MR) is 117 cm³/mol. The van der Waals surface area contributed by atoms with Gasteiger partial charge in [-0.3, -0.25) is 14.9 Å². The monoisotopic (exact) mass is 441 g/mol. The molecule has 8 nitrogen and oxygen atoms in total. The van der Waals surface area contributed by atoms with Crippen LogP contribution < -0.4 is 11.1 Å². The first-order chi connectivity index (χ1) is 13.0. The second kappa shape index (κ2) is 10.9. The Morgan fingerprint density at radius 2 is 1.97 bits per heavy atom. The fourth-order valence-electron chi connectivity index (χ4n) is 3.27. The third-order valence-electron chi connectivity index (χ3n) is 4.92. The molecule has 0 bridgehead atoms. The largest absolute Gasteiger partial charge is 0.365 e. The summed E-state index contributed by atoms with van der Waals surface area (Å²) < 4.78 is 0. The molecule has 2 heterocycles. The number of rotatable bonds is 6. The number of benzene rings is 1. The lowest BCUT2D eigenvalue weighted by atomic mass is 9.94. The van der Waals surface area contributed by atoms with E-state index in [0.29, 0.717) is 18.9 Å². The molecule has 0 spiro atoms. The maximum absolute atomic E-state index is 12.8. The van der Waals surface area contributed by atoms with Crippen molar-refractivity contribution in [3.63, 3.8) is 0 Å². The standard InChI is InChI=1S/C19H23N5O3.2ClH/c1-13(18(20)14-5-3-2-4-6-14)19(25)23-10-9-15(12-23)22-17-8-7-16(11-21-17)24(26)27;;/h2-8,11,13,15,18H,9-10,12,20H2,1H3,(H,21,22);2*1H. The van der Waals surface area contributed by atoms with Gasteiger partial charge in [0.1, 0.15) is 12.0 Å². The zero-order valence-corrected chi connectivity index (χ0v) is 17.6. The average Bonchev–Trinajstić information content (AvgIpc) is 3.15. The number of nitrogens with one attached hydrogen (secondary N) is 1. The Morgan fingerprint density at radius 1 is 1.28 bits per heavy atom. The van der Waals surface area contributed by atoms with E-state index in [-0.39, 0.29) is 54.4 Å². The molecular formula is C19H25Cl2N5O3. The van der Waals surface area contributed by atoms with Gasteiger partial charge in [0.25, 0.3) is 5.69 Å². The number of carbonyl (C=O) groups excluding carboxylic acids is 1. The highest BCUT2D eigenvalue weighted by atomic mass is 35.5. The molecule has 3 atom stereocenters. The number of hydrogen-bond donors (Lipinski definition) is 2. The molecule has 1 amide bonds. The molecule has 1 saturated heterocycles. The van der Waals surface area contributed by atoms with Crippen LogP contribution in [0.15, 0.2) is 48.7 Å². The van der Waals surface area contributed by atoms with Crippen LogP contribution in [0.25, 0.3) is 0 Å². The van der Waals surface area contributed by atoms with Gasteiger partial charge in [-0.15, -0.1) is 24.8 Å². The zero-order chi connectivity index (χ0) is 19.4. The smallest absolute Gasteiger partial charge is 0.287 e. The Hall–Kier alpha value is -2.42. The molecule has 1 aromatic carbocycles. The third kappa shape index (κ3) is 6.03. The van der Waals surface area contributed by atoms with Crippen LogP contribution in [0.4, 0.5) is 11.5 Å². The van der Waals surface area contributed by atoms with Crippen molar-refractivity contribution in [1.29, 1.82) is 0 Å². The Morgan fingerprint density at radius 3 is 2.55 bits per heavy atom. The van der Waals surface area contributed by atoms with Gasteiger partial charge < -0.3 is 16.0 Å². The van der Waals surface area contributed by atoms with Crippen molar-refractivity contribution in [3.8, 4) is 0 Å². The summed E-state index contributed by atoms with van der Waals surface area (Å²) in [5.74, 6) is 0.282. The maximum atomic E-state index is 12.8. The van der Waals surface area contributed by atoms with Crippen LogP contribution in [0.1, 0.15) is 24.9 Å². The summed E-state index contributed by atoms with van der Waals surface area (Å²) in [6.45, 7) is 3.07. The van der Waals surface area contributed by atoms with E-state index in [1.54, 1.807) is 6.07 Å². The van der Waals surface area contributed by atoms with E-state index in [4.69, 9.17) is 5.73 Å². The number of likely N-dealkylation sites (tertiary alicyclic amines) is 1. The van der Waals surface area contributed by atoms with Gasteiger partial charge in [-0.1, -0.05) is 37.3 Å². The minimum Gasteiger partial charge on any atom is -0.365 e. The van der Waals surface area contributed by atoms with Crippen molar-refractivity contribution in [1.82, 2.24) is 9.88 Å². The normalized spacial score (nSPS) is 17.4. The van der Waals surface area contributed by atoms with E-state index < -0.39 is 4.92 Å². The Kier molecular flexibility index (Phi) is 9.29. The van der Waals surface area contributed by atoms with Gasteiger partial charge in [0.05, 0.1) is 10.8 Å². The minimum absolute atomic E-state index is 0. The van der Waals surface area contributed by atoms with Gasteiger partial charge in [-0.05, 0) is 18.1 Å². The fraction of sp³-hybridized carbons (Fsp3) is 0.368. The molecule has 3 unspecified atom stereocenters. The lowest BCUT2D eigenvalue weighted by Crippen LogP contribution is -2.39. The van der Waals surface area contributed by atoms with Crippen LogP contribution in [-0.4, -0.2) is 39.8 Å². The summed E-state index contributed by atoms with van der Waals surface area (Å²) in [5.41, 5.74) is 7.17. The lowest BCUT2D eigenvalue weighted by molar-refractivity contribution is -0.385. The highest BCUT2D eigenvalue weighted by molar-refractivity contribution is 5.85. The van der Waals surface area contributed by atoms with Crippen molar-refractivity contribution in [2.75, 3.05) is 18.4 Å². The van der Waals surface area contributed by atoms with Crippen LogP contribution in [0.3, 0.4) is 0 Å². The molecule has 1 aliphatic heterocycles. The molecular weight excluding hydrogens is 417 g/mol. The van der Waals surface area contributed by atoms with Crippen LogP contribution >= 0.6 is 24.8 Å². The number of nitrogens with zero attached hydrogens (tertiary/aromatic N) is 3. The summed E-state index contributed by atoms with van der Waals surface area (Å²) in [6, 6.07) is 12.3. The number of hydrogen-bond acceptors (Lipinski definition) is 6. The quantitative estimate of drug-likeness (QED) is 0.525. The molecule has 3 N–H and O–H groups in total. The van der Waals surface area contributed by atoms with Gasteiger partial charge in [0.2, 0.25) is 5.91 Å². The fourth-order valence-corrected chi connectivity index (χ4v) is 3.27. The molecule has 29 heavy (non-hydrogen) atoms. The van der Waals surface area contributed by atoms with E-state index in [2.05, 4.69) is 10.3 Å². The molecule has 1 fully saturated rings. The number of carbonyl (C=O) groups is 1. The topological polar surface area (TPSA) is 114 Å². The minimum atomic E-state index is -0.482. The molecule has 0 radical (unpaired) electrons. The molecule has 1 aromatic heterocycles. The molecule has 10 heteroatoms. The van der Waals surface area contributed by atoms with Gasteiger partial charge >= 0.3 is 0 Å². The molecule has 3 rings (SSSR count). The summed E-state index contributed by atoms with van der Waals surface area (Å²) in [7, 11) is 0. The molecule has 0 aliphatic carbocycles. The highest BCUT2D eigenvalue weighted by Crippen LogP contribution is 2.24. The molecule has 1 aliphatic rings. The summed E-state index contributed by atoms with van der Waals surface area (Å²) in [5, 5.41) is 13.9. The van der Waals surface area contributed by atoms with E-state index in [9.17, 15) is 14.9 Å². The highest BCUT2D eigenvalue weighted by Gasteiger charge is 2.32. The summed E-state index contributed by atoms with van der Waals surface area (Å²) in [4.78, 5) is 28.9. The second-order valence-electron chi connectivity index (χ2n) is 6.80. The predicted octanol–water partition coefficient (Wildman–Crippen LogP) is 3.18. The summed E-state index contributed by atoms with van der Waals surface area (Å²) >= 11 is 0. The Bertz CT molecular complexity index is 807. The molecule has 2 aromatic rings. The van der Waals surface area contributed by atoms with E-state index >= 15 is 0 Å². The first-order valence-electron chi connectivity index (χ1n) is 8.92. The number of halogens is 2. The van der Waals surface area contributed by atoms with E-state index in [1.165, 1.54) is 12.3 Å². The van der Waals surface area contributed by atoms with E-state index in [1.807, 2.05) is 42.2 Å². The molecule has 0 saturated carbocycles. The van der Waals surface area contributed by atoms with Crippen LogP contribution in [-0.2, 0) is 4.79 Å². The van der Waals surface area contributed by atoms with Crippen molar-refractivity contribution < 1.29 is 9.72 Å². The number of nitro groups is 1. The van der Waals surface area contributed by atoms with E-state index in [0.717, 1.165) is 12.0 Å². The van der Waals surface area contributed by atoms with Crippen molar-refractivity contribution in [2.45, 2.75) is 25.4 Å². The maximum Gasteiger partial charge on any atom is 0.287 e. The molecule has 158 valence electrons.